The van der Waals surface area contributed by atoms with Crippen molar-refractivity contribution in [3.05, 3.63) is 87.9 Å². The van der Waals surface area contributed by atoms with E-state index in [1.165, 1.54) is 0 Å². The number of hydrogen-bond acceptors (Lipinski definition) is 4. The predicted molar refractivity (Wildman–Crippen MR) is 119 cm³/mol. The average molecular weight is 426 g/mol. The first-order valence-corrected chi connectivity index (χ1v) is 10.1. The fraction of sp³-hybridized carbons (Fsp3) is 0.208. The third-order valence-corrected chi connectivity index (χ3v) is 4.92. The van der Waals surface area contributed by atoms with Gasteiger partial charge in [-0.1, -0.05) is 48.0 Å². The van der Waals surface area contributed by atoms with Gasteiger partial charge in [-0.2, -0.15) is 0 Å². The Balaban J connectivity index is 1.78. The molecule has 3 aromatic rings. The molecular weight excluding hydrogens is 402 g/mol. The number of ether oxygens (including phenoxy) is 2. The highest BCUT2D eigenvalue weighted by Gasteiger charge is 2.14. The number of anilines is 1. The molecule has 0 radical (unpaired) electrons. The van der Waals surface area contributed by atoms with Crippen molar-refractivity contribution >= 4 is 23.3 Å². The minimum Gasteiger partial charge on any atom is -0.490 e. The molecule has 3 rings (SSSR count). The molecule has 0 fully saturated rings. The number of benzene rings is 3. The van der Waals surface area contributed by atoms with Gasteiger partial charge in [0.15, 0.2) is 11.5 Å². The summed E-state index contributed by atoms with van der Waals surface area (Å²) in [5.74, 6) is 0.140. The molecule has 3 aromatic carbocycles. The van der Waals surface area contributed by atoms with Crippen LogP contribution in [0.4, 0.5) is 5.69 Å². The second kappa shape index (κ2) is 10.0. The van der Waals surface area contributed by atoms with Crippen LogP contribution < -0.4 is 14.8 Å². The van der Waals surface area contributed by atoms with E-state index < -0.39 is 5.97 Å². The average Bonchev–Trinajstić information content (AvgIpc) is 2.73. The van der Waals surface area contributed by atoms with Gasteiger partial charge in [0.1, 0.15) is 6.61 Å². The maximum Gasteiger partial charge on any atom is 0.336 e. The maximum absolute atomic E-state index is 11.3. The summed E-state index contributed by atoms with van der Waals surface area (Å²) in [6, 6.07) is 18.7. The Morgan fingerprint density at radius 1 is 1.03 bits per heavy atom. The molecule has 6 heteroatoms. The number of carbonyl (C=O) groups is 1. The molecule has 0 saturated carbocycles. The lowest BCUT2D eigenvalue weighted by molar-refractivity contribution is 0.0696. The van der Waals surface area contributed by atoms with E-state index in [-0.39, 0.29) is 5.56 Å². The molecule has 0 amide bonds. The standard InChI is InChI=1S/C24H24ClNO4/c1-3-29-22-13-18(14-26-21-11-7-10-19(16(21)2)24(27)28)12-20(25)23(22)30-15-17-8-5-4-6-9-17/h4-13,26H,3,14-15H2,1-2H3,(H,27,28). The van der Waals surface area contributed by atoms with Crippen LogP contribution in [0.2, 0.25) is 5.02 Å². The normalized spacial score (nSPS) is 10.5. The molecular formula is C24H24ClNO4. The summed E-state index contributed by atoms with van der Waals surface area (Å²) < 4.78 is 11.7. The summed E-state index contributed by atoms with van der Waals surface area (Å²) >= 11 is 6.51. The van der Waals surface area contributed by atoms with Gasteiger partial charge in [-0.25, -0.2) is 4.79 Å². The molecule has 0 saturated heterocycles. The van der Waals surface area contributed by atoms with E-state index in [1.807, 2.05) is 55.5 Å². The van der Waals surface area contributed by atoms with Crippen LogP contribution in [0.1, 0.15) is 34.0 Å². The zero-order valence-corrected chi connectivity index (χ0v) is 17.7. The number of carboxylic acids is 1. The molecule has 2 N–H and O–H groups in total. The minimum atomic E-state index is -0.947. The van der Waals surface area contributed by atoms with Crippen LogP contribution in [0, 0.1) is 6.92 Å². The number of hydrogen-bond donors (Lipinski definition) is 2. The van der Waals surface area contributed by atoms with Crippen LogP contribution in [0.15, 0.2) is 60.7 Å². The Labute approximate surface area is 181 Å². The van der Waals surface area contributed by atoms with Gasteiger partial charge in [0.2, 0.25) is 0 Å². The van der Waals surface area contributed by atoms with Crippen LogP contribution in [0.25, 0.3) is 0 Å². The molecule has 0 bridgehead atoms. The molecule has 156 valence electrons. The molecule has 30 heavy (non-hydrogen) atoms. The van der Waals surface area contributed by atoms with Crippen molar-refractivity contribution < 1.29 is 19.4 Å². The van der Waals surface area contributed by atoms with Gasteiger partial charge in [0.25, 0.3) is 0 Å². The molecule has 0 unspecified atom stereocenters. The summed E-state index contributed by atoms with van der Waals surface area (Å²) in [5.41, 5.74) is 3.65. The molecule has 0 aliphatic carbocycles. The first-order chi connectivity index (χ1) is 14.5. The highest BCUT2D eigenvalue weighted by molar-refractivity contribution is 6.32. The molecule has 0 aliphatic rings. The Bertz CT molecular complexity index is 1020. The number of nitrogens with one attached hydrogen (secondary N) is 1. The summed E-state index contributed by atoms with van der Waals surface area (Å²) in [4.78, 5) is 11.3. The van der Waals surface area contributed by atoms with Crippen molar-refractivity contribution in [3.63, 3.8) is 0 Å². The Morgan fingerprint density at radius 2 is 1.80 bits per heavy atom. The largest absolute Gasteiger partial charge is 0.490 e. The van der Waals surface area contributed by atoms with Gasteiger partial charge in [-0.3, -0.25) is 0 Å². The Hall–Kier alpha value is -3.18. The predicted octanol–water partition coefficient (Wildman–Crippen LogP) is 5.94. The van der Waals surface area contributed by atoms with E-state index in [1.54, 1.807) is 19.1 Å². The summed E-state index contributed by atoms with van der Waals surface area (Å²) in [6.07, 6.45) is 0. The molecule has 0 atom stereocenters. The van der Waals surface area contributed by atoms with E-state index in [9.17, 15) is 9.90 Å². The topological polar surface area (TPSA) is 67.8 Å². The molecule has 0 spiro atoms. The number of carboxylic acid groups (broad SMARTS) is 1. The number of aromatic carboxylic acids is 1. The number of rotatable bonds is 9. The van der Waals surface area contributed by atoms with E-state index in [0.717, 1.165) is 16.8 Å². The second-order valence-electron chi connectivity index (χ2n) is 6.75. The summed E-state index contributed by atoms with van der Waals surface area (Å²) in [7, 11) is 0. The fourth-order valence-electron chi connectivity index (χ4n) is 3.11. The molecule has 0 aromatic heterocycles. The Morgan fingerprint density at radius 3 is 2.50 bits per heavy atom. The van der Waals surface area contributed by atoms with E-state index in [4.69, 9.17) is 21.1 Å². The molecule has 0 heterocycles. The van der Waals surface area contributed by atoms with E-state index in [2.05, 4.69) is 5.32 Å². The summed E-state index contributed by atoms with van der Waals surface area (Å²) in [5, 5.41) is 13.0. The van der Waals surface area contributed by atoms with E-state index >= 15 is 0 Å². The Kier molecular flexibility index (Phi) is 7.20. The van der Waals surface area contributed by atoms with Gasteiger partial charge in [0.05, 0.1) is 17.2 Å². The highest BCUT2D eigenvalue weighted by atomic mass is 35.5. The SMILES string of the molecule is CCOc1cc(CNc2cccc(C(=O)O)c2C)cc(Cl)c1OCc1ccccc1. The van der Waals surface area contributed by atoms with Gasteiger partial charge in [0, 0.05) is 12.2 Å². The third-order valence-electron chi connectivity index (χ3n) is 4.64. The van der Waals surface area contributed by atoms with Crippen molar-refractivity contribution in [2.75, 3.05) is 11.9 Å². The van der Waals surface area contributed by atoms with Gasteiger partial charge < -0.3 is 19.9 Å². The van der Waals surface area contributed by atoms with Gasteiger partial charge in [-0.05, 0) is 54.8 Å². The van der Waals surface area contributed by atoms with Gasteiger partial charge in [-0.15, -0.1) is 0 Å². The monoisotopic (exact) mass is 425 g/mol. The first-order valence-electron chi connectivity index (χ1n) is 9.68. The highest BCUT2D eigenvalue weighted by Crippen LogP contribution is 2.37. The second-order valence-corrected chi connectivity index (χ2v) is 7.16. The minimum absolute atomic E-state index is 0.276. The number of halogens is 1. The lowest BCUT2D eigenvalue weighted by atomic mass is 10.1. The van der Waals surface area contributed by atoms with Crippen molar-refractivity contribution in [2.24, 2.45) is 0 Å². The quantitative estimate of drug-likeness (QED) is 0.444. The van der Waals surface area contributed by atoms with Crippen LogP contribution in [0.3, 0.4) is 0 Å². The van der Waals surface area contributed by atoms with Crippen LogP contribution >= 0.6 is 11.6 Å². The van der Waals surface area contributed by atoms with Crippen LogP contribution in [0.5, 0.6) is 11.5 Å². The van der Waals surface area contributed by atoms with Crippen LogP contribution in [-0.4, -0.2) is 17.7 Å². The first kappa shape index (κ1) is 21.5. The fourth-order valence-corrected chi connectivity index (χ4v) is 3.40. The van der Waals surface area contributed by atoms with Crippen LogP contribution in [-0.2, 0) is 13.2 Å². The smallest absolute Gasteiger partial charge is 0.336 e. The van der Waals surface area contributed by atoms with E-state index in [0.29, 0.717) is 41.8 Å². The van der Waals surface area contributed by atoms with Crippen molar-refractivity contribution in [2.45, 2.75) is 27.0 Å². The maximum atomic E-state index is 11.3. The lowest BCUT2D eigenvalue weighted by Crippen LogP contribution is -2.07. The van der Waals surface area contributed by atoms with Crippen molar-refractivity contribution in [1.82, 2.24) is 0 Å². The lowest BCUT2D eigenvalue weighted by Gasteiger charge is -2.16. The van der Waals surface area contributed by atoms with Gasteiger partial charge >= 0.3 is 5.97 Å². The zero-order valence-electron chi connectivity index (χ0n) is 16.9. The summed E-state index contributed by atoms with van der Waals surface area (Å²) in [6.45, 7) is 5.02. The molecule has 5 nitrogen and oxygen atoms in total. The van der Waals surface area contributed by atoms with Crippen molar-refractivity contribution in [3.8, 4) is 11.5 Å². The molecule has 0 aliphatic heterocycles. The zero-order chi connectivity index (χ0) is 21.5. The third kappa shape index (κ3) is 5.24. The van der Waals surface area contributed by atoms with Crippen molar-refractivity contribution in [1.29, 1.82) is 0 Å².